The van der Waals surface area contributed by atoms with Crippen molar-refractivity contribution in [2.45, 2.75) is 87.3 Å². The molecule has 0 atom stereocenters. The van der Waals surface area contributed by atoms with E-state index in [0.29, 0.717) is 5.69 Å². The van der Waals surface area contributed by atoms with Gasteiger partial charge in [-0.05, 0) is 75.3 Å². The Balaban J connectivity index is 1.76. The van der Waals surface area contributed by atoms with E-state index in [9.17, 15) is 13.2 Å². The lowest BCUT2D eigenvalue weighted by Gasteiger charge is -2.24. The number of aryl methyl sites for hydroxylation is 1. The number of hydrogen-bond donors (Lipinski definition) is 1. The van der Waals surface area contributed by atoms with Crippen LogP contribution in [0.5, 0.6) is 0 Å². The Morgan fingerprint density at radius 1 is 0.861 bits per heavy atom. The average Bonchev–Trinajstić information content (AvgIpc) is 2.87. The summed E-state index contributed by atoms with van der Waals surface area (Å²) in [6.45, 7) is 1.60. The van der Waals surface area contributed by atoms with Crippen LogP contribution in [0.3, 0.4) is 0 Å². The molecule has 1 amide bonds. The maximum atomic E-state index is 13.6. The number of carbonyl (C=O) groups is 1. The lowest BCUT2D eigenvalue weighted by molar-refractivity contribution is -0.119. The molecular weight excluding hydrogens is 490 g/mol. The first-order chi connectivity index (χ1) is 17.4. The molecule has 1 fully saturated rings. The molecule has 3 rings (SSSR count). The Labute approximate surface area is 221 Å². The SMILES string of the molecule is CSc1ccc(S(=O)(=O)N(CC(=O)NN=C2CCCCCCCCCCC2)c2ccc(C)cc2)cc1. The minimum Gasteiger partial charge on any atom is -0.271 e. The second-order valence-electron chi connectivity index (χ2n) is 9.42. The number of carbonyl (C=O) groups excluding carboxylic acids is 1. The van der Waals surface area contributed by atoms with E-state index in [1.165, 1.54) is 44.9 Å². The number of sulfonamides is 1. The summed E-state index contributed by atoms with van der Waals surface area (Å²) >= 11 is 1.55. The zero-order valence-electron chi connectivity index (χ0n) is 21.5. The molecule has 0 unspecified atom stereocenters. The van der Waals surface area contributed by atoms with Crippen molar-refractivity contribution in [3.05, 3.63) is 54.1 Å². The molecule has 1 saturated carbocycles. The third-order valence-corrected chi connectivity index (χ3v) is 9.06. The van der Waals surface area contributed by atoms with Crippen molar-refractivity contribution in [1.29, 1.82) is 0 Å². The quantitative estimate of drug-likeness (QED) is 0.320. The maximum Gasteiger partial charge on any atom is 0.264 e. The Morgan fingerprint density at radius 3 is 1.92 bits per heavy atom. The number of nitrogens with zero attached hydrogens (tertiary/aromatic N) is 2. The number of amides is 1. The van der Waals surface area contributed by atoms with Gasteiger partial charge in [0.15, 0.2) is 0 Å². The second-order valence-corrected chi connectivity index (χ2v) is 12.2. The molecule has 8 heteroatoms. The largest absolute Gasteiger partial charge is 0.271 e. The molecule has 6 nitrogen and oxygen atoms in total. The van der Waals surface area contributed by atoms with Gasteiger partial charge < -0.3 is 0 Å². The van der Waals surface area contributed by atoms with Crippen LogP contribution in [-0.2, 0) is 14.8 Å². The van der Waals surface area contributed by atoms with Crippen molar-refractivity contribution in [3.63, 3.8) is 0 Å². The number of rotatable bonds is 7. The third kappa shape index (κ3) is 8.66. The number of benzene rings is 2. The van der Waals surface area contributed by atoms with Crippen molar-refractivity contribution < 1.29 is 13.2 Å². The highest BCUT2D eigenvalue weighted by molar-refractivity contribution is 7.98. The van der Waals surface area contributed by atoms with Crippen LogP contribution in [0.4, 0.5) is 5.69 Å². The topological polar surface area (TPSA) is 78.8 Å². The molecule has 0 aliphatic heterocycles. The summed E-state index contributed by atoms with van der Waals surface area (Å²) in [4.78, 5) is 14.1. The summed E-state index contributed by atoms with van der Waals surface area (Å²) in [7, 11) is -3.94. The minimum atomic E-state index is -3.94. The van der Waals surface area contributed by atoms with Crippen LogP contribution in [0.1, 0.15) is 76.2 Å². The van der Waals surface area contributed by atoms with Gasteiger partial charge in [0.25, 0.3) is 15.9 Å². The summed E-state index contributed by atoms with van der Waals surface area (Å²) in [6, 6.07) is 13.9. The summed E-state index contributed by atoms with van der Waals surface area (Å²) in [5, 5.41) is 4.44. The molecule has 0 saturated heterocycles. The number of hydrazone groups is 1. The minimum absolute atomic E-state index is 0.152. The van der Waals surface area contributed by atoms with E-state index >= 15 is 0 Å². The van der Waals surface area contributed by atoms with Crippen LogP contribution in [0, 0.1) is 6.92 Å². The summed E-state index contributed by atoms with van der Waals surface area (Å²) in [5.41, 5.74) is 5.12. The zero-order chi connectivity index (χ0) is 25.8. The highest BCUT2D eigenvalue weighted by Gasteiger charge is 2.27. The van der Waals surface area contributed by atoms with Crippen LogP contribution < -0.4 is 9.73 Å². The van der Waals surface area contributed by atoms with Crippen molar-refractivity contribution in [3.8, 4) is 0 Å². The van der Waals surface area contributed by atoms with E-state index < -0.39 is 15.9 Å². The molecule has 1 aliphatic rings. The predicted molar refractivity (Wildman–Crippen MR) is 150 cm³/mol. The van der Waals surface area contributed by atoms with Gasteiger partial charge in [-0.2, -0.15) is 5.10 Å². The van der Waals surface area contributed by atoms with E-state index in [0.717, 1.165) is 46.2 Å². The first-order valence-electron chi connectivity index (χ1n) is 13.0. The van der Waals surface area contributed by atoms with Crippen LogP contribution in [0.25, 0.3) is 0 Å². The molecule has 0 aromatic heterocycles. The highest BCUT2D eigenvalue weighted by atomic mass is 32.2. The van der Waals surface area contributed by atoms with Gasteiger partial charge in [-0.25, -0.2) is 13.8 Å². The van der Waals surface area contributed by atoms with Crippen molar-refractivity contribution in [1.82, 2.24) is 5.43 Å². The Morgan fingerprint density at radius 2 is 1.39 bits per heavy atom. The van der Waals surface area contributed by atoms with Gasteiger partial charge >= 0.3 is 0 Å². The van der Waals surface area contributed by atoms with Crippen molar-refractivity contribution in [2.75, 3.05) is 17.1 Å². The predicted octanol–water partition coefficient (Wildman–Crippen LogP) is 6.69. The van der Waals surface area contributed by atoms with Gasteiger partial charge in [0.2, 0.25) is 0 Å². The zero-order valence-corrected chi connectivity index (χ0v) is 23.2. The first kappa shape index (κ1) is 28.3. The van der Waals surface area contributed by atoms with E-state index in [1.807, 2.05) is 25.3 Å². The number of hydrogen-bond acceptors (Lipinski definition) is 5. The molecule has 196 valence electrons. The standard InChI is InChI=1S/C28H39N3O3S2/c1-23-14-16-25(17-15-23)31(36(33,34)27-20-18-26(35-2)19-21-27)22-28(32)30-29-24-12-10-8-6-4-3-5-7-9-11-13-24/h14-21H,3-13,22H2,1-2H3,(H,30,32). The van der Waals surface area contributed by atoms with E-state index in [-0.39, 0.29) is 11.4 Å². The van der Waals surface area contributed by atoms with Crippen molar-refractivity contribution >= 4 is 39.1 Å². The van der Waals surface area contributed by atoms with E-state index in [4.69, 9.17) is 0 Å². The Bertz CT molecular complexity index is 1080. The first-order valence-corrected chi connectivity index (χ1v) is 15.6. The molecular formula is C28H39N3O3S2. The van der Waals surface area contributed by atoms with Crippen LogP contribution in [0.15, 0.2) is 63.4 Å². The van der Waals surface area contributed by atoms with Gasteiger partial charge in [-0.3, -0.25) is 9.10 Å². The molecule has 1 N–H and O–H groups in total. The van der Waals surface area contributed by atoms with Gasteiger partial charge in [0.05, 0.1) is 10.6 Å². The highest BCUT2D eigenvalue weighted by Crippen LogP contribution is 2.26. The molecule has 2 aromatic carbocycles. The fourth-order valence-electron chi connectivity index (χ4n) is 4.34. The normalized spacial score (nSPS) is 15.9. The van der Waals surface area contributed by atoms with Crippen LogP contribution in [-0.4, -0.2) is 32.8 Å². The monoisotopic (exact) mass is 529 g/mol. The molecule has 36 heavy (non-hydrogen) atoms. The molecule has 0 radical (unpaired) electrons. The smallest absolute Gasteiger partial charge is 0.264 e. The van der Waals surface area contributed by atoms with Gasteiger partial charge in [0.1, 0.15) is 6.54 Å². The molecule has 2 aromatic rings. The fourth-order valence-corrected chi connectivity index (χ4v) is 6.17. The van der Waals surface area contributed by atoms with Gasteiger partial charge in [-0.1, -0.05) is 62.6 Å². The molecule has 0 bridgehead atoms. The average molecular weight is 530 g/mol. The Hall–Kier alpha value is -2.32. The molecule has 0 heterocycles. The second kappa shape index (κ2) is 14.4. The van der Waals surface area contributed by atoms with Crippen LogP contribution in [0.2, 0.25) is 0 Å². The molecule has 1 aliphatic carbocycles. The third-order valence-electron chi connectivity index (χ3n) is 6.53. The Kier molecular flexibility index (Phi) is 11.3. The summed E-state index contributed by atoms with van der Waals surface area (Å²) < 4.78 is 28.3. The summed E-state index contributed by atoms with van der Waals surface area (Å²) in [5.74, 6) is -0.446. The van der Waals surface area contributed by atoms with E-state index in [1.54, 1.807) is 48.2 Å². The maximum absolute atomic E-state index is 13.6. The lowest BCUT2D eigenvalue weighted by atomic mass is 10.00. The van der Waals surface area contributed by atoms with Crippen LogP contribution >= 0.6 is 11.8 Å². The molecule has 0 spiro atoms. The van der Waals surface area contributed by atoms with Crippen molar-refractivity contribution in [2.24, 2.45) is 5.10 Å². The number of nitrogens with one attached hydrogen (secondary N) is 1. The van der Waals surface area contributed by atoms with Gasteiger partial charge in [-0.15, -0.1) is 11.8 Å². The fraction of sp³-hybridized carbons (Fsp3) is 0.500. The number of thioether (sulfide) groups is 1. The lowest BCUT2D eigenvalue weighted by Crippen LogP contribution is -2.39. The van der Waals surface area contributed by atoms with Gasteiger partial charge in [0, 0.05) is 10.6 Å². The summed E-state index contributed by atoms with van der Waals surface area (Å²) in [6.07, 6.45) is 14.6. The number of anilines is 1. The van der Waals surface area contributed by atoms with E-state index in [2.05, 4.69) is 10.5 Å².